The molecule has 7 heteroatoms. The Hall–Kier alpha value is -0.690. The first-order chi connectivity index (χ1) is 8.81. The number of unbranched alkanes of at least 4 members (excludes halogenated alkanes) is 1. The van der Waals surface area contributed by atoms with Crippen LogP contribution in [-0.2, 0) is 6.54 Å². The summed E-state index contributed by atoms with van der Waals surface area (Å²) in [4.78, 5) is 0. The molecule has 0 atom stereocenters. The third-order valence-corrected chi connectivity index (χ3v) is 3.12. The first kappa shape index (κ1) is 16.4. The summed E-state index contributed by atoms with van der Waals surface area (Å²) in [5, 5.41) is 2.73. The molecule has 0 unspecified atom stereocenters. The summed E-state index contributed by atoms with van der Waals surface area (Å²) >= 11 is 2.94. The minimum Gasteiger partial charge on any atom is -0.312 e. The van der Waals surface area contributed by atoms with Crippen LogP contribution in [0.3, 0.4) is 0 Å². The molecule has 0 amide bonds. The summed E-state index contributed by atoms with van der Waals surface area (Å²) in [6, 6.07) is 2.39. The number of benzene rings is 1. The van der Waals surface area contributed by atoms with Gasteiger partial charge in [-0.25, -0.2) is 8.78 Å². The SMILES string of the molecule is Fc1ccc(Br)c(F)c1CNCCCCC(F)(F)F. The van der Waals surface area contributed by atoms with E-state index in [1.165, 1.54) is 6.07 Å². The lowest BCUT2D eigenvalue weighted by atomic mass is 10.2. The molecule has 0 fully saturated rings. The zero-order chi connectivity index (χ0) is 14.5. The van der Waals surface area contributed by atoms with Gasteiger partial charge in [-0.15, -0.1) is 0 Å². The van der Waals surface area contributed by atoms with E-state index in [0.717, 1.165) is 6.07 Å². The van der Waals surface area contributed by atoms with Crippen LogP contribution in [0.25, 0.3) is 0 Å². The van der Waals surface area contributed by atoms with Gasteiger partial charge in [-0.05, 0) is 47.4 Å². The van der Waals surface area contributed by atoms with Gasteiger partial charge < -0.3 is 5.32 Å². The van der Waals surface area contributed by atoms with E-state index in [1.807, 2.05) is 0 Å². The Labute approximate surface area is 116 Å². The van der Waals surface area contributed by atoms with Crippen molar-refractivity contribution in [3.63, 3.8) is 0 Å². The first-order valence-corrected chi connectivity index (χ1v) is 6.50. The Morgan fingerprint density at radius 1 is 1.11 bits per heavy atom. The monoisotopic (exact) mass is 345 g/mol. The van der Waals surface area contributed by atoms with E-state index in [-0.39, 0.29) is 29.5 Å². The number of rotatable bonds is 6. The Morgan fingerprint density at radius 2 is 1.79 bits per heavy atom. The third-order valence-electron chi connectivity index (χ3n) is 2.50. The van der Waals surface area contributed by atoms with E-state index in [0.29, 0.717) is 6.42 Å². The summed E-state index contributed by atoms with van der Waals surface area (Å²) in [5.74, 6) is -1.37. The highest BCUT2D eigenvalue weighted by atomic mass is 79.9. The summed E-state index contributed by atoms with van der Waals surface area (Å²) < 4.78 is 62.6. The molecule has 0 heterocycles. The number of nitrogens with one attached hydrogen (secondary N) is 1. The lowest BCUT2D eigenvalue weighted by Gasteiger charge is -2.09. The van der Waals surface area contributed by atoms with Crippen molar-refractivity contribution in [1.82, 2.24) is 5.32 Å². The summed E-state index contributed by atoms with van der Waals surface area (Å²) in [5.41, 5.74) is -0.120. The summed E-state index contributed by atoms with van der Waals surface area (Å²) in [6.07, 6.45) is -4.69. The molecule has 0 aliphatic rings. The van der Waals surface area contributed by atoms with Gasteiger partial charge in [-0.1, -0.05) is 0 Å². The van der Waals surface area contributed by atoms with Crippen LogP contribution in [-0.4, -0.2) is 12.7 Å². The fraction of sp³-hybridized carbons (Fsp3) is 0.500. The van der Waals surface area contributed by atoms with E-state index < -0.39 is 24.2 Å². The second-order valence-electron chi connectivity index (χ2n) is 4.07. The largest absolute Gasteiger partial charge is 0.389 e. The lowest BCUT2D eigenvalue weighted by molar-refractivity contribution is -0.135. The second-order valence-corrected chi connectivity index (χ2v) is 4.93. The van der Waals surface area contributed by atoms with Crippen LogP contribution in [0.1, 0.15) is 24.8 Å². The Morgan fingerprint density at radius 3 is 2.42 bits per heavy atom. The van der Waals surface area contributed by atoms with Crippen molar-refractivity contribution in [3.8, 4) is 0 Å². The summed E-state index contributed by atoms with van der Waals surface area (Å²) in [6.45, 7) is 0.227. The predicted octanol–water partition coefficient (Wildman–Crippen LogP) is 4.55. The van der Waals surface area contributed by atoms with E-state index in [9.17, 15) is 22.0 Å². The molecule has 1 rings (SSSR count). The molecule has 0 saturated carbocycles. The number of alkyl halides is 3. The van der Waals surface area contributed by atoms with Gasteiger partial charge in [0.15, 0.2) is 0 Å². The second kappa shape index (κ2) is 7.19. The highest BCUT2D eigenvalue weighted by Gasteiger charge is 2.25. The van der Waals surface area contributed by atoms with Crippen molar-refractivity contribution in [1.29, 1.82) is 0 Å². The first-order valence-electron chi connectivity index (χ1n) is 5.71. The Bertz CT molecular complexity index is 419. The maximum absolute atomic E-state index is 13.5. The number of hydrogen-bond donors (Lipinski definition) is 1. The van der Waals surface area contributed by atoms with Crippen LogP contribution >= 0.6 is 15.9 Å². The van der Waals surface area contributed by atoms with Crippen LogP contribution in [0, 0.1) is 11.6 Å². The van der Waals surface area contributed by atoms with Gasteiger partial charge in [0.1, 0.15) is 11.6 Å². The van der Waals surface area contributed by atoms with E-state index >= 15 is 0 Å². The van der Waals surface area contributed by atoms with E-state index in [2.05, 4.69) is 21.2 Å². The molecule has 0 aliphatic heterocycles. The van der Waals surface area contributed by atoms with E-state index in [1.54, 1.807) is 0 Å². The molecular formula is C12H13BrF5N. The third kappa shape index (κ3) is 5.86. The molecule has 0 saturated heterocycles. The van der Waals surface area contributed by atoms with E-state index in [4.69, 9.17) is 0 Å². The van der Waals surface area contributed by atoms with Crippen LogP contribution in [0.15, 0.2) is 16.6 Å². The zero-order valence-corrected chi connectivity index (χ0v) is 11.5. The molecule has 108 valence electrons. The van der Waals surface area contributed by atoms with Crippen LogP contribution in [0.2, 0.25) is 0 Å². The fourth-order valence-electron chi connectivity index (χ4n) is 1.52. The maximum atomic E-state index is 13.5. The molecule has 1 nitrogen and oxygen atoms in total. The number of halogens is 6. The van der Waals surface area contributed by atoms with Crippen LogP contribution in [0.5, 0.6) is 0 Å². The smallest absolute Gasteiger partial charge is 0.312 e. The lowest BCUT2D eigenvalue weighted by Crippen LogP contribution is -2.17. The predicted molar refractivity (Wildman–Crippen MR) is 65.7 cm³/mol. The highest BCUT2D eigenvalue weighted by molar-refractivity contribution is 9.10. The van der Waals surface area contributed by atoms with Crippen molar-refractivity contribution in [3.05, 3.63) is 33.8 Å². The molecule has 19 heavy (non-hydrogen) atoms. The normalized spacial score (nSPS) is 11.9. The Kier molecular flexibility index (Phi) is 6.19. The van der Waals surface area contributed by atoms with Gasteiger partial charge in [0.05, 0.1) is 4.47 Å². The van der Waals surface area contributed by atoms with Crippen molar-refractivity contribution in [2.24, 2.45) is 0 Å². The molecular weight excluding hydrogens is 333 g/mol. The molecule has 0 spiro atoms. The molecule has 1 aromatic rings. The van der Waals surface area contributed by atoms with Gasteiger partial charge in [0, 0.05) is 18.5 Å². The van der Waals surface area contributed by atoms with Gasteiger partial charge in [0.25, 0.3) is 0 Å². The molecule has 0 bridgehead atoms. The molecule has 1 aromatic carbocycles. The van der Waals surface area contributed by atoms with Crippen molar-refractivity contribution in [2.45, 2.75) is 32.0 Å². The highest BCUT2D eigenvalue weighted by Crippen LogP contribution is 2.22. The van der Waals surface area contributed by atoms with Crippen molar-refractivity contribution < 1.29 is 22.0 Å². The quantitative estimate of drug-likeness (QED) is 0.453. The average molecular weight is 346 g/mol. The molecule has 0 radical (unpaired) electrons. The Balaban J connectivity index is 2.32. The van der Waals surface area contributed by atoms with Gasteiger partial charge in [-0.3, -0.25) is 0 Å². The zero-order valence-electron chi connectivity index (χ0n) is 9.96. The van der Waals surface area contributed by atoms with Crippen LogP contribution < -0.4 is 5.32 Å². The minimum absolute atomic E-state index is 0.0000512. The van der Waals surface area contributed by atoms with Crippen molar-refractivity contribution >= 4 is 15.9 Å². The molecule has 0 aromatic heterocycles. The van der Waals surface area contributed by atoms with Crippen molar-refractivity contribution in [2.75, 3.05) is 6.54 Å². The standard InChI is InChI=1S/C12H13BrF5N/c13-9-3-4-10(14)8(11(9)15)7-19-6-2-1-5-12(16,17)18/h3-4,19H,1-2,5-7H2. The van der Waals surface area contributed by atoms with Crippen LogP contribution in [0.4, 0.5) is 22.0 Å². The topological polar surface area (TPSA) is 12.0 Å². The average Bonchev–Trinajstić information content (AvgIpc) is 2.31. The minimum atomic E-state index is -4.15. The van der Waals surface area contributed by atoms with Gasteiger partial charge in [0.2, 0.25) is 0 Å². The fourth-order valence-corrected chi connectivity index (χ4v) is 1.89. The van der Waals surface area contributed by atoms with Gasteiger partial charge >= 0.3 is 6.18 Å². The molecule has 0 aliphatic carbocycles. The maximum Gasteiger partial charge on any atom is 0.389 e. The summed E-state index contributed by atoms with van der Waals surface area (Å²) in [7, 11) is 0. The molecule has 1 N–H and O–H groups in total. The van der Waals surface area contributed by atoms with Gasteiger partial charge in [-0.2, -0.15) is 13.2 Å². The number of hydrogen-bond acceptors (Lipinski definition) is 1.